The summed E-state index contributed by atoms with van der Waals surface area (Å²) in [6.45, 7) is 1.17. The first-order chi connectivity index (χ1) is 8.21. The fraction of sp³-hybridized carbons (Fsp3) is 0.818. The number of likely N-dealkylation sites (N-methyl/N-ethyl adjacent to an activating group) is 1. The van der Waals surface area contributed by atoms with Crippen molar-refractivity contribution in [1.29, 1.82) is 0 Å². The van der Waals surface area contributed by atoms with Crippen molar-refractivity contribution in [3.63, 3.8) is 0 Å². The van der Waals surface area contributed by atoms with Crippen molar-refractivity contribution in [2.45, 2.75) is 25.9 Å². The van der Waals surface area contributed by atoms with E-state index in [0.29, 0.717) is 13.0 Å². The number of carbonyl (C=O) groups is 2. The number of likely N-dealkylation sites (tertiary alicyclic amines) is 1. The molecule has 0 N–H and O–H groups in total. The minimum Gasteiger partial charge on any atom is -0.341 e. The summed E-state index contributed by atoms with van der Waals surface area (Å²) in [7, 11) is 1.45. The Morgan fingerprint density at radius 3 is 2.50 bits per heavy atom. The molecule has 1 aliphatic rings. The van der Waals surface area contributed by atoms with Crippen LogP contribution >= 0.6 is 0 Å². The Kier molecular flexibility index (Phi) is 4.59. The van der Waals surface area contributed by atoms with E-state index in [0.717, 1.165) is 0 Å². The Morgan fingerprint density at radius 1 is 1.39 bits per heavy atom. The van der Waals surface area contributed by atoms with Gasteiger partial charge in [-0.3, -0.25) is 9.59 Å². The molecule has 1 fully saturated rings. The van der Waals surface area contributed by atoms with E-state index in [4.69, 9.17) is 0 Å². The van der Waals surface area contributed by atoms with Gasteiger partial charge in [-0.2, -0.15) is 13.2 Å². The fourth-order valence-corrected chi connectivity index (χ4v) is 1.89. The number of nitrogens with zero attached hydrogens (tertiary/aromatic N) is 2. The van der Waals surface area contributed by atoms with Crippen LogP contribution in [0.2, 0.25) is 0 Å². The highest BCUT2D eigenvalue weighted by Crippen LogP contribution is 2.33. The van der Waals surface area contributed by atoms with Crippen LogP contribution in [0.15, 0.2) is 0 Å². The van der Waals surface area contributed by atoms with E-state index < -0.39 is 18.0 Å². The summed E-state index contributed by atoms with van der Waals surface area (Å²) < 4.78 is 37.7. The van der Waals surface area contributed by atoms with E-state index in [2.05, 4.69) is 0 Å². The Labute approximate surface area is 104 Å². The van der Waals surface area contributed by atoms with Crippen molar-refractivity contribution in [3.8, 4) is 0 Å². The van der Waals surface area contributed by atoms with Crippen molar-refractivity contribution in [2.75, 3.05) is 26.7 Å². The highest BCUT2D eigenvalue weighted by atomic mass is 19.4. The SMILES string of the molecule is CC(=O)N(C)CC(=O)N1CCC[C@H](C(F)(F)F)C1. The van der Waals surface area contributed by atoms with Crippen LogP contribution in [0.25, 0.3) is 0 Å². The van der Waals surface area contributed by atoms with Gasteiger partial charge in [-0.25, -0.2) is 0 Å². The normalized spacial score (nSPS) is 20.7. The largest absolute Gasteiger partial charge is 0.393 e. The number of rotatable bonds is 2. The molecule has 0 aromatic heterocycles. The van der Waals surface area contributed by atoms with Crippen molar-refractivity contribution >= 4 is 11.8 Å². The molecule has 4 nitrogen and oxygen atoms in total. The van der Waals surface area contributed by atoms with Crippen LogP contribution < -0.4 is 0 Å². The summed E-state index contributed by atoms with van der Waals surface area (Å²) in [5.41, 5.74) is 0. The standard InChI is InChI=1S/C11H17F3N2O2/c1-8(17)15(2)7-10(18)16-5-3-4-9(6-16)11(12,13)14/h9H,3-7H2,1-2H3/t9-/m0/s1. The number of hydrogen-bond donors (Lipinski definition) is 0. The number of halogens is 3. The number of piperidine rings is 1. The van der Waals surface area contributed by atoms with Crippen LogP contribution in [0.4, 0.5) is 13.2 Å². The lowest BCUT2D eigenvalue weighted by Crippen LogP contribution is -2.48. The van der Waals surface area contributed by atoms with Crippen molar-refractivity contribution < 1.29 is 22.8 Å². The zero-order valence-electron chi connectivity index (χ0n) is 10.5. The van der Waals surface area contributed by atoms with E-state index >= 15 is 0 Å². The predicted octanol–water partition coefficient (Wildman–Crippen LogP) is 1.27. The smallest absolute Gasteiger partial charge is 0.341 e. The molecule has 0 aromatic carbocycles. The minimum absolute atomic E-state index is 0.0653. The molecule has 0 unspecified atom stereocenters. The lowest BCUT2D eigenvalue weighted by Gasteiger charge is -2.34. The van der Waals surface area contributed by atoms with Gasteiger partial charge in [0.05, 0.1) is 12.5 Å². The average molecular weight is 266 g/mol. The summed E-state index contributed by atoms with van der Waals surface area (Å²) in [5, 5.41) is 0. The molecule has 0 spiro atoms. The molecule has 0 aromatic rings. The maximum absolute atomic E-state index is 12.6. The Morgan fingerprint density at radius 2 is 2.00 bits per heavy atom. The Balaban J connectivity index is 2.56. The van der Waals surface area contributed by atoms with Crippen molar-refractivity contribution in [3.05, 3.63) is 0 Å². The minimum atomic E-state index is -4.26. The maximum atomic E-state index is 12.6. The Hall–Kier alpha value is -1.27. The van der Waals surface area contributed by atoms with Gasteiger partial charge in [-0.05, 0) is 12.8 Å². The van der Waals surface area contributed by atoms with Gasteiger partial charge in [0.15, 0.2) is 0 Å². The highest BCUT2D eigenvalue weighted by Gasteiger charge is 2.42. The molecular formula is C11H17F3N2O2. The Bertz CT molecular complexity index is 331. The second kappa shape index (κ2) is 5.58. The van der Waals surface area contributed by atoms with E-state index in [1.807, 2.05) is 0 Å². The van der Waals surface area contributed by atoms with Crippen LogP contribution in [-0.2, 0) is 9.59 Å². The summed E-state index contributed by atoms with van der Waals surface area (Å²) in [6, 6.07) is 0. The first-order valence-corrected chi connectivity index (χ1v) is 5.78. The van der Waals surface area contributed by atoms with Gasteiger partial charge in [0.1, 0.15) is 0 Å². The molecule has 1 rings (SSSR count). The first kappa shape index (κ1) is 14.8. The first-order valence-electron chi connectivity index (χ1n) is 5.78. The predicted molar refractivity (Wildman–Crippen MR) is 58.7 cm³/mol. The summed E-state index contributed by atoms with van der Waals surface area (Å²) in [5.74, 6) is -2.16. The lowest BCUT2D eigenvalue weighted by molar-refractivity contribution is -0.188. The molecule has 104 valence electrons. The lowest BCUT2D eigenvalue weighted by atomic mass is 9.97. The van der Waals surface area contributed by atoms with Crippen LogP contribution in [0.1, 0.15) is 19.8 Å². The van der Waals surface area contributed by atoms with Gasteiger partial charge in [0, 0.05) is 27.1 Å². The molecular weight excluding hydrogens is 249 g/mol. The molecule has 1 heterocycles. The quantitative estimate of drug-likeness (QED) is 0.755. The van der Waals surface area contributed by atoms with Gasteiger partial charge in [0.2, 0.25) is 11.8 Å². The summed E-state index contributed by atoms with van der Waals surface area (Å²) in [4.78, 5) is 25.1. The molecule has 7 heteroatoms. The average Bonchev–Trinajstić information content (AvgIpc) is 2.27. The van der Waals surface area contributed by atoms with Crippen molar-refractivity contribution in [1.82, 2.24) is 9.80 Å². The molecule has 1 atom stereocenters. The molecule has 2 amide bonds. The van der Waals surface area contributed by atoms with Crippen LogP contribution in [0.5, 0.6) is 0 Å². The van der Waals surface area contributed by atoms with Crippen LogP contribution in [0, 0.1) is 5.92 Å². The number of alkyl halides is 3. The number of hydrogen-bond acceptors (Lipinski definition) is 2. The number of carbonyl (C=O) groups excluding carboxylic acids is 2. The third kappa shape index (κ3) is 3.89. The monoisotopic (exact) mass is 266 g/mol. The third-order valence-corrected chi connectivity index (χ3v) is 3.15. The molecule has 0 aliphatic carbocycles. The number of amides is 2. The van der Waals surface area contributed by atoms with Gasteiger partial charge in [-0.1, -0.05) is 0 Å². The van der Waals surface area contributed by atoms with Gasteiger partial charge < -0.3 is 9.80 Å². The van der Waals surface area contributed by atoms with Gasteiger partial charge in [0.25, 0.3) is 0 Å². The molecule has 0 radical (unpaired) electrons. The van der Waals surface area contributed by atoms with E-state index in [-0.39, 0.29) is 25.4 Å². The van der Waals surface area contributed by atoms with Crippen LogP contribution in [0.3, 0.4) is 0 Å². The topological polar surface area (TPSA) is 40.6 Å². The van der Waals surface area contributed by atoms with E-state index in [1.165, 1.54) is 23.8 Å². The third-order valence-electron chi connectivity index (χ3n) is 3.15. The molecule has 0 bridgehead atoms. The second-order valence-electron chi connectivity index (χ2n) is 4.60. The van der Waals surface area contributed by atoms with E-state index in [1.54, 1.807) is 0 Å². The molecule has 18 heavy (non-hydrogen) atoms. The van der Waals surface area contributed by atoms with Gasteiger partial charge >= 0.3 is 6.18 Å². The van der Waals surface area contributed by atoms with Crippen molar-refractivity contribution in [2.24, 2.45) is 5.92 Å². The second-order valence-corrected chi connectivity index (χ2v) is 4.60. The maximum Gasteiger partial charge on any atom is 0.393 e. The fourth-order valence-electron chi connectivity index (χ4n) is 1.89. The molecule has 0 saturated carbocycles. The summed E-state index contributed by atoms with van der Waals surface area (Å²) in [6.07, 6.45) is -3.85. The summed E-state index contributed by atoms with van der Waals surface area (Å²) >= 11 is 0. The highest BCUT2D eigenvalue weighted by molar-refractivity contribution is 5.83. The zero-order chi connectivity index (χ0) is 13.9. The molecule has 1 saturated heterocycles. The zero-order valence-corrected chi connectivity index (χ0v) is 10.5. The van der Waals surface area contributed by atoms with Gasteiger partial charge in [-0.15, -0.1) is 0 Å². The van der Waals surface area contributed by atoms with E-state index in [9.17, 15) is 22.8 Å². The van der Waals surface area contributed by atoms with Crippen LogP contribution in [-0.4, -0.2) is 54.5 Å². The molecule has 1 aliphatic heterocycles.